The number of fused-ring (bicyclic) bond motifs is 1. The summed E-state index contributed by atoms with van der Waals surface area (Å²) < 4.78 is 11.0. The summed E-state index contributed by atoms with van der Waals surface area (Å²) >= 11 is 12.3. The van der Waals surface area contributed by atoms with Crippen LogP contribution >= 0.6 is 23.2 Å². The molecule has 0 saturated carbocycles. The van der Waals surface area contributed by atoms with Gasteiger partial charge < -0.3 is 19.7 Å². The molecule has 0 fully saturated rings. The second-order valence-electron chi connectivity index (χ2n) is 5.87. The molecule has 2 aromatic rings. The summed E-state index contributed by atoms with van der Waals surface area (Å²) in [5.41, 5.74) is 2.19. The maximum absolute atomic E-state index is 12.5. The van der Waals surface area contributed by atoms with Crippen molar-refractivity contribution < 1.29 is 14.3 Å². The molecule has 0 atom stereocenters. The molecule has 1 aliphatic heterocycles. The van der Waals surface area contributed by atoms with Crippen molar-refractivity contribution in [3.05, 3.63) is 45.9 Å². The minimum Gasteiger partial charge on any atom is -0.486 e. The average molecular weight is 381 g/mol. The predicted octanol–water partition coefficient (Wildman–Crippen LogP) is 4.01. The molecule has 1 amide bonds. The Bertz CT molecular complexity index is 809. The maximum Gasteiger partial charge on any atom is 0.228 e. The predicted molar refractivity (Wildman–Crippen MR) is 101 cm³/mol. The fourth-order valence-corrected chi connectivity index (χ4v) is 3.00. The van der Waals surface area contributed by atoms with Crippen LogP contribution in [0.2, 0.25) is 10.0 Å². The molecule has 0 unspecified atom stereocenters. The van der Waals surface area contributed by atoms with Gasteiger partial charge in [0.2, 0.25) is 5.91 Å². The Kier molecular flexibility index (Phi) is 5.25. The largest absolute Gasteiger partial charge is 0.486 e. The Morgan fingerprint density at radius 1 is 1.12 bits per heavy atom. The third-order valence-electron chi connectivity index (χ3n) is 3.78. The van der Waals surface area contributed by atoms with Crippen LogP contribution in [-0.2, 0) is 11.2 Å². The number of hydrogen-bond donors (Lipinski definition) is 1. The first-order valence-corrected chi connectivity index (χ1v) is 8.54. The SMILES string of the molecule is CN(C)c1ccc(Cl)cc1NC(=O)Cc1cc2c(cc1Cl)OCCO2. The standard InChI is InChI=1S/C18H18Cl2N2O3/c1-22(2)15-4-3-12(19)9-14(15)21-18(23)8-11-7-16-17(10-13(11)20)25-6-5-24-16/h3-4,7,9-10H,5-6,8H2,1-2H3,(H,21,23). The Hall–Kier alpha value is -2.11. The lowest BCUT2D eigenvalue weighted by molar-refractivity contribution is -0.115. The van der Waals surface area contributed by atoms with Gasteiger partial charge in [-0.05, 0) is 29.8 Å². The van der Waals surface area contributed by atoms with E-state index in [1.54, 1.807) is 24.3 Å². The van der Waals surface area contributed by atoms with Crippen LogP contribution in [0.15, 0.2) is 30.3 Å². The smallest absolute Gasteiger partial charge is 0.228 e. The molecule has 7 heteroatoms. The number of carbonyl (C=O) groups excluding carboxylic acids is 1. The Balaban J connectivity index is 1.78. The lowest BCUT2D eigenvalue weighted by Gasteiger charge is -2.20. The Labute approximate surface area is 156 Å². The van der Waals surface area contributed by atoms with Gasteiger partial charge >= 0.3 is 0 Å². The molecule has 132 valence electrons. The highest BCUT2D eigenvalue weighted by Gasteiger charge is 2.17. The second kappa shape index (κ2) is 7.42. The van der Waals surface area contributed by atoms with Crippen molar-refractivity contribution in [3.63, 3.8) is 0 Å². The number of carbonyl (C=O) groups is 1. The molecule has 25 heavy (non-hydrogen) atoms. The molecule has 0 aromatic heterocycles. The van der Waals surface area contributed by atoms with Gasteiger partial charge in [0.1, 0.15) is 13.2 Å². The number of anilines is 2. The van der Waals surface area contributed by atoms with E-state index in [1.807, 2.05) is 25.1 Å². The average Bonchev–Trinajstić information content (AvgIpc) is 2.55. The van der Waals surface area contributed by atoms with Crippen LogP contribution in [0.4, 0.5) is 11.4 Å². The van der Waals surface area contributed by atoms with E-state index in [9.17, 15) is 4.79 Å². The van der Waals surface area contributed by atoms with E-state index >= 15 is 0 Å². The summed E-state index contributed by atoms with van der Waals surface area (Å²) in [6.07, 6.45) is 0.120. The van der Waals surface area contributed by atoms with Crippen molar-refractivity contribution in [2.45, 2.75) is 6.42 Å². The van der Waals surface area contributed by atoms with Gasteiger partial charge in [0, 0.05) is 30.2 Å². The molecule has 0 aliphatic carbocycles. The molecule has 2 aromatic carbocycles. The molecule has 1 N–H and O–H groups in total. The molecule has 0 radical (unpaired) electrons. The lowest BCUT2D eigenvalue weighted by Crippen LogP contribution is -2.19. The zero-order chi connectivity index (χ0) is 18.0. The summed E-state index contributed by atoms with van der Waals surface area (Å²) in [4.78, 5) is 14.4. The highest BCUT2D eigenvalue weighted by Crippen LogP contribution is 2.36. The molecule has 3 rings (SSSR count). The van der Waals surface area contributed by atoms with Crippen LogP contribution in [0, 0.1) is 0 Å². The summed E-state index contributed by atoms with van der Waals surface area (Å²) in [5.74, 6) is 1.02. The van der Waals surface area contributed by atoms with Gasteiger partial charge in [0.15, 0.2) is 11.5 Å². The highest BCUT2D eigenvalue weighted by molar-refractivity contribution is 6.32. The quantitative estimate of drug-likeness (QED) is 0.870. The molecule has 0 bridgehead atoms. The summed E-state index contributed by atoms with van der Waals surface area (Å²) in [6.45, 7) is 0.972. The van der Waals surface area contributed by atoms with Crippen LogP contribution in [-0.4, -0.2) is 33.2 Å². The molecule has 5 nitrogen and oxygen atoms in total. The fourth-order valence-electron chi connectivity index (χ4n) is 2.61. The van der Waals surface area contributed by atoms with Crippen LogP contribution in [0.5, 0.6) is 11.5 Å². The molecule has 1 aliphatic rings. The van der Waals surface area contributed by atoms with E-state index in [1.165, 1.54) is 0 Å². The van der Waals surface area contributed by atoms with Gasteiger partial charge in [-0.15, -0.1) is 0 Å². The highest BCUT2D eigenvalue weighted by atomic mass is 35.5. The summed E-state index contributed by atoms with van der Waals surface area (Å²) in [6, 6.07) is 8.80. The number of amides is 1. The van der Waals surface area contributed by atoms with E-state index in [0.717, 1.165) is 5.69 Å². The summed E-state index contributed by atoms with van der Waals surface area (Å²) in [7, 11) is 3.80. The van der Waals surface area contributed by atoms with Gasteiger partial charge in [-0.2, -0.15) is 0 Å². The minimum atomic E-state index is -0.191. The van der Waals surface area contributed by atoms with Gasteiger partial charge in [0.25, 0.3) is 0 Å². The number of halogens is 2. The number of nitrogens with zero attached hydrogens (tertiary/aromatic N) is 1. The van der Waals surface area contributed by atoms with Gasteiger partial charge in [-0.1, -0.05) is 23.2 Å². The number of benzene rings is 2. The van der Waals surface area contributed by atoms with Crippen LogP contribution < -0.4 is 19.7 Å². The monoisotopic (exact) mass is 380 g/mol. The van der Waals surface area contributed by atoms with Crippen molar-refractivity contribution in [1.82, 2.24) is 0 Å². The fraction of sp³-hybridized carbons (Fsp3) is 0.278. The third-order valence-corrected chi connectivity index (χ3v) is 4.36. The van der Waals surface area contributed by atoms with Gasteiger partial charge in [-0.25, -0.2) is 0 Å². The Morgan fingerprint density at radius 2 is 1.80 bits per heavy atom. The van der Waals surface area contributed by atoms with E-state index in [0.29, 0.717) is 46.0 Å². The molecule has 0 spiro atoms. The van der Waals surface area contributed by atoms with Crippen LogP contribution in [0.25, 0.3) is 0 Å². The van der Waals surface area contributed by atoms with Crippen LogP contribution in [0.3, 0.4) is 0 Å². The van der Waals surface area contributed by atoms with Crippen molar-refractivity contribution >= 4 is 40.5 Å². The van der Waals surface area contributed by atoms with Crippen molar-refractivity contribution in [3.8, 4) is 11.5 Å². The number of rotatable bonds is 4. The topological polar surface area (TPSA) is 50.8 Å². The van der Waals surface area contributed by atoms with E-state index in [-0.39, 0.29) is 12.3 Å². The number of nitrogens with one attached hydrogen (secondary N) is 1. The zero-order valence-corrected chi connectivity index (χ0v) is 15.4. The van der Waals surface area contributed by atoms with E-state index in [4.69, 9.17) is 32.7 Å². The lowest BCUT2D eigenvalue weighted by atomic mass is 10.1. The first-order chi connectivity index (χ1) is 11.9. The molecule has 0 saturated heterocycles. The van der Waals surface area contributed by atoms with Crippen molar-refractivity contribution in [1.29, 1.82) is 0 Å². The second-order valence-corrected chi connectivity index (χ2v) is 6.71. The normalized spacial score (nSPS) is 12.6. The van der Waals surface area contributed by atoms with Crippen molar-refractivity contribution in [2.75, 3.05) is 37.5 Å². The van der Waals surface area contributed by atoms with Crippen molar-refractivity contribution in [2.24, 2.45) is 0 Å². The summed E-state index contributed by atoms with van der Waals surface area (Å²) in [5, 5.41) is 3.92. The Morgan fingerprint density at radius 3 is 2.48 bits per heavy atom. The minimum absolute atomic E-state index is 0.120. The molecule has 1 heterocycles. The van der Waals surface area contributed by atoms with Gasteiger partial charge in [0.05, 0.1) is 17.8 Å². The van der Waals surface area contributed by atoms with E-state index < -0.39 is 0 Å². The zero-order valence-electron chi connectivity index (χ0n) is 13.9. The number of ether oxygens (including phenoxy) is 2. The van der Waals surface area contributed by atoms with Gasteiger partial charge in [-0.3, -0.25) is 4.79 Å². The number of hydrogen-bond acceptors (Lipinski definition) is 4. The first-order valence-electron chi connectivity index (χ1n) is 7.79. The third kappa shape index (κ3) is 4.11. The first kappa shape index (κ1) is 17.7. The molecular weight excluding hydrogens is 363 g/mol. The molecular formula is C18H18Cl2N2O3. The van der Waals surface area contributed by atoms with Crippen LogP contribution in [0.1, 0.15) is 5.56 Å². The van der Waals surface area contributed by atoms with E-state index in [2.05, 4.69) is 5.32 Å². The maximum atomic E-state index is 12.5.